The van der Waals surface area contributed by atoms with Crippen molar-refractivity contribution in [1.82, 2.24) is 0 Å². The first-order valence-corrected chi connectivity index (χ1v) is 4.87. The lowest BCUT2D eigenvalue weighted by atomic mass is 10.2. The molecule has 0 atom stereocenters. The van der Waals surface area contributed by atoms with E-state index < -0.39 is 0 Å². The summed E-state index contributed by atoms with van der Waals surface area (Å²) < 4.78 is 0. The molecule has 0 aliphatic rings. The molecule has 0 saturated heterocycles. The molecule has 0 fully saturated rings. The molecule has 1 nitrogen and oxygen atoms in total. The molecule has 1 N–H and O–H groups in total. The molecule has 1 rings (SSSR count). The normalized spacial score (nSPS) is 8.77. The fraction of sp³-hybridized carbons (Fsp3) is 0.273. The second-order valence-corrected chi connectivity index (χ2v) is 3.05. The molecular formula is C11H13NS. The molecule has 0 aliphatic heterocycles. The summed E-state index contributed by atoms with van der Waals surface area (Å²) in [4.78, 5) is 0. The lowest BCUT2D eigenvalue weighted by Crippen LogP contribution is -1.87. The molecule has 0 saturated carbocycles. The highest BCUT2D eigenvalue weighted by atomic mass is 32.1. The Morgan fingerprint density at radius 2 is 2.31 bits per heavy atom. The standard InChI is InChI=1S/C11H13NS/c1-12-11-7-4-6-10(9-11)5-2-3-8-13/h4,6-7,9,12-13H,3,8H2,1H3. The molecule has 0 aliphatic carbocycles. The van der Waals surface area contributed by atoms with Crippen molar-refractivity contribution < 1.29 is 0 Å². The van der Waals surface area contributed by atoms with Gasteiger partial charge in [-0.25, -0.2) is 0 Å². The van der Waals surface area contributed by atoms with Gasteiger partial charge < -0.3 is 5.32 Å². The molecule has 0 amide bonds. The number of thiol groups is 1. The monoisotopic (exact) mass is 191 g/mol. The van der Waals surface area contributed by atoms with Gasteiger partial charge in [-0.1, -0.05) is 17.9 Å². The number of hydrogen-bond donors (Lipinski definition) is 2. The third kappa shape index (κ3) is 3.43. The van der Waals surface area contributed by atoms with Crippen LogP contribution >= 0.6 is 12.6 Å². The van der Waals surface area contributed by atoms with Crippen molar-refractivity contribution in [3.8, 4) is 11.8 Å². The van der Waals surface area contributed by atoms with Crippen LogP contribution in [-0.2, 0) is 0 Å². The van der Waals surface area contributed by atoms with Crippen molar-refractivity contribution in [2.75, 3.05) is 18.1 Å². The van der Waals surface area contributed by atoms with Crippen LogP contribution in [0, 0.1) is 11.8 Å². The Morgan fingerprint density at radius 1 is 1.46 bits per heavy atom. The van der Waals surface area contributed by atoms with Gasteiger partial charge >= 0.3 is 0 Å². The van der Waals surface area contributed by atoms with Crippen LogP contribution in [0.15, 0.2) is 24.3 Å². The van der Waals surface area contributed by atoms with E-state index in [2.05, 4.69) is 29.8 Å². The molecular weight excluding hydrogens is 178 g/mol. The van der Waals surface area contributed by atoms with Crippen LogP contribution in [0.4, 0.5) is 5.69 Å². The van der Waals surface area contributed by atoms with E-state index in [1.807, 2.05) is 31.3 Å². The maximum atomic E-state index is 4.09. The molecule has 68 valence electrons. The minimum absolute atomic E-state index is 0.818. The third-order valence-electron chi connectivity index (χ3n) is 1.62. The SMILES string of the molecule is CNc1cccc(C#CCCS)c1. The average Bonchev–Trinajstić information content (AvgIpc) is 2.19. The van der Waals surface area contributed by atoms with Gasteiger partial charge in [0.05, 0.1) is 0 Å². The lowest BCUT2D eigenvalue weighted by molar-refractivity contribution is 1.31. The van der Waals surface area contributed by atoms with Gasteiger partial charge in [-0.15, -0.1) is 0 Å². The number of anilines is 1. The summed E-state index contributed by atoms with van der Waals surface area (Å²) in [7, 11) is 1.90. The highest BCUT2D eigenvalue weighted by molar-refractivity contribution is 7.80. The van der Waals surface area contributed by atoms with Crippen LogP contribution in [0.1, 0.15) is 12.0 Å². The summed E-state index contributed by atoms with van der Waals surface area (Å²) in [6.45, 7) is 0. The molecule has 1 aromatic carbocycles. The molecule has 0 unspecified atom stereocenters. The van der Waals surface area contributed by atoms with Crippen LogP contribution in [0.25, 0.3) is 0 Å². The maximum absolute atomic E-state index is 4.09. The third-order valence-corrected chi connectivity index (χ3v) is 1.84. The smallest absolute Gasteiger partial charge is 0.0350 e. The van der Waals surface area contributed by atoms with E-state index in [0.29, 0.717) is 0 Å². The largest absolute Gasteiger partial charge is 0.388 e. The second kappa shape index (κ2) is 5.55. The predicted molar refractivity (Wildman–Crippen MR) is 61.3 cm³/mol. The molecule has 2 heteroatoms. The highest BCUT2D eigenvalue weighted by Crippen LogP contribution is 2.08. The quantitative estimate of drug-likeness (QED) is 0.540. The van der Waals surface area contributed by atoms with Gasteiger partial charge in [0.25, 0.3) is 0 Å². The zero-order valence-corrected chi connectivity index (χ0v) is 8.57. The van der Waals surface area contributed by atoms with E-state index in [9.17, 15) is 0 Å². The minimum Gasteiger partial charge on any atom is -0.388 e. The number of benzene rings is 1. The molecule has 1 aromatic rings. The van der Waals surface area contributed by atoms with Gasteiger partial charge in [-0.05, 0) is 18.2 Å². The fourth-order valence-electron chi connectivity index (χ4n) is 0.973. The number of rotatable bonds is 2. The van der Waals surface area contributed by atoms with E-state index in [1.54, 1.807) is 0 Å². The van der Waals surface area contributed by atoms with Crippen LogP contribution < -0.4 is 5.32 Å². The molecule has 0 bridgehead atoms. The Bertz CT molecular complexity index is 322. The highest BCUT2D eigenvalue weighted by Gasteiger charge is 1.88. The Morgan fingerprint density at radius 3 is 3.00 bits per heavy atom. The Kier molecular flexibility index (Phi) is 4.28. The molecule has 0 radical (unpaired) electrons. The van der Waals surface area contributed by atoms with Crippen molar-refractivity contribution in [2.45, 2.75) is 6.42 Å². The van der Waals surface area contributed by atoms with Gasteiger partial charge in [0.15, 0.2) is 0 Å². The van der Waals surface area contributed by atoms with Gasteiger partial charge in [0.2, 0.25) is 0 Å². The van der Waals surface area contributed by atoms with E-state index in [0.717, 1.165) is 23.4 Å². The molecule has 13 heavy (non-hydrogen) atoms. The minimum atomic E-state index is 0.818. The summed E-state index contributed by atoms with van der Waals surface area (Å²) in [5.74, 6) is 6.95. The summed E-state index contributed by atoms with van der Waals surface area (Å²) in [6, 6.07) is 8.05. The molecule has 0 aromatic heterocycles. The number of hydrogen-bond acceptors (Lipinski definition) is 2. The van der Waals surface area contributed by atoms with Crippen molar-refractivity contribution in [3.05, 3.63) is 29.8 Å². The average molecular weight is 191 g/mol. The predicted octanol–water partition coefficient (Wildman–Crippen LogP) is 2.40. The van der Waals surface area contributed by atoms with Crippen molar-refractivity contribution in [3.63, 3.8) is 0 Å². The number of nitrogens with one attached hydrogen (secondary N) is 1. The molecule has 0 heterocycles. The van der Waals surface area contributed by atoms with E-state index in [4.69, 9.17) is 0 Å². The van der Waals surface area contributed by atoms with E-state index >= 15 is 0 Å². The summed E-state index contributed by atoms with van der Waals surface area (Å²) in [6.07, 6.45) is 0.840. The van der Waals surface area contributed by atoms with Crippen LogP contribution in [0.3, 0.4) is 0 Å². The van der Waals surface area contributed by atoms with E-state index in [-0.39, 0.29) is 0 Å². The fourth-order valence-corrected chi connectivity index (χ4v) is 1.08. The Hall–Kier alpha value is -1.07. The first-order chi connectivity index (χ1) is 6.36. The van der Waals surface area contributed by atoms with Crippen molar-refractivity contribution >= 4 is 18.3 Å². The van der Waals surface area contributed by atoms with E-state index in [1.165, 1.54) is 0 Å². The topological polar surface area (TPSA) is 12.0 Å². The van der Waals surface area contributed by atoms with Crippen LogP contribution in [0.2, 0.25) is 0 Å². The van der Waals surface area contributed by atoms with Crippen LogP contribution in [-0.4, -0.2) is 12.8 Å². The second-order valence-electron chi connectivity index (χ2n) is 2.61. The summed E-state index contributed by atoms with van der Waals surface area (Å²) in [5.41, 5.74) is 2.14. The van der Waals surface area contributed by atoms with Crippen LogP contribution in [0.5, 0.6) is 0 Å². The lowest BCUT2D eigenvalue weighted by Gasteiger charge is -1.98. The van der Waals surface area contributed by atoms with Gasteiger partial charge in [0, 0.05) is 30.5 Å². The zero-order chi connectivity index (χ0) is 9.52. The Balaban J connectivity index is 2.73. The van der Waals surface area contributed by atoms with Gasteiger partial charge in [-0.3, -0.25) is 0 Å². The summed E-state index contributed by atoms with van der Waals surface area (Å²) in [5, 5.41) is 3.07. The molecule has 0 spiro atoms. The first kappa shape index (κ1) is 10.0. The maximum Gasteiger partial charge on any atom is 0.0350 e. The van der Waals surface area contributed by atoms with Gasteiger partial charge in [-0.2, -0.15) is 12.6 Å². The van der Waals surface area contributed by atoms with Gasteiger partial charge in [0.1, 0.15) is 0 Å². The zero-order valence-electron chi connectivity index (χ0n) is 7.67. The first-order valence-electron chi connectivity index (χ1n) is 4.24. The van der Waals surface area contributed by atoms with Crippen molar-refractivity contribution in [1.29, 1.82) is 0 Å². The Labute approximate surface area is 85.0 Å². The summed E-state index contributed by atoms with van der Waals surface area (Å²) >= 11 is 4.09. The van der Waals surface area contributed by atoms with Crippen molar-refractivity contribution in [2.24, 2.45) is 0 Å².